The zero-order chi connectivity index (χ0) is 18.4. The third-order valence-electron chi connectivity index (χ3n) is 3.88. The molecule has 0 atom stereocenters. The third-order valence-corrected chi connectivity index (χ3v) is 3.88. The summed E-state index contributed by atoms with van der Waals surface area (Å²) in [6, 6.07) is 11.1. The van der Waals surface area contributed by atoms with E-state index in [4.69, 9.17) is 14.7 Å². The van der Waals surface area contributed by atoms with E-state index in [0.29, 0.717) is 29.0 Å². The van der Waals surface area contributed by atoms with Crippen LogP contribution in [0.15, 0.2) is 24.3 Å². The topological polar surface area (TPSA) is 88.0 Å². The predicted molar refractivity (Wildman–Crippen MR) is 92.0 cm³/mol. The van der Waals surface area contributed by atoms with Gasteiger partial charge in [0.1, 0.15) is 23.6 Å². The van der Waals surface area contributed by atoms with E-state index in [1.165, 1.54) is 0 Å². The molecule has 2 rings (SSSR count). The lowest BCUT2D eigenvalue weighted by Gasteiger charge is -2.09. The van der Waals surface area contributed by atoms with Crippen LogP contribution in [0, 0.1) is 22.7 Å². The summed E-state index contributed by atoms with van der Waals surface area (Å²) in [7, 11) is 1.76. The van der Waals surface area contributed by atoms with Crippen LogP contribution in [0.5, 0.6) is 5.75 Å². The Labute approximate surface area is 146 Å². The molecule has 25 heavy (non-hydrogen) atoms. The molecular weight excluding hydrogens is 318 g/mol. The average molecular weight is 337 g/mol. The van der Waals surface area contributed by atoms with Crippen molar-refractivity contribution in [3.05, 3.63) is 41.2 Å². The van der Waals surface area contributed by atoms with Gasteiger partial charge < -0.3 is 14.0 Å². The second kappa shape index (κ2) is 8.03. The van der Waals surface area contributed by atoms with Crippen LogP contribution in [0.2, 0.25) is 0 Å². The second-order valence-electron chi connectivity index (χ2n) is 5.26. The van der Waals surface area contributed by atoms with Crippen LogP contribution in [0.25, 0.3) is 11.1 Å². The van der Waals surface area contributed by atoms with E-state index in [-0.39, 0.29) is 13.2 Å². The maximum Gasteiger partial charge on any atom is 0.355 e. The van der Waals surface area contributed by atoms with Crippen LogP contribution < -0.4 is 4.74 Å². The van der Waals surface area contributed by atoms with Gasteiger partial charge in [0, 0.05) is 18.3 Å². The van der Waals surface area contributed by atoms with Gasteiger partial charge in [-0.3, -0.25) is 0 Å². The number of ether oxygens (including phenoxy) is 2. The van der Waals surface area contributed by atoms with Crippen LogP contribution >= 0.6 is 0 Å². The molecule has 0 saturated carbocycles. The first-order valence-electron chi connectivity index (χ1n) is 7.97. The molecule has 6 heteroatoms. The first-order valence-corrected chi connectivity index (χ1v) is 7.97. The summed E-state index contributed by atoms with van der Waals surface area (Å²) in [6.07, 6.45) is 0.620. The SMILES string of the molecule is CCOC(=O)c1c(-c2ccc(OCC#N)cc2)c(C#N)c(CC)n1C. The molecule has 0 aliphatic carbocycles. The molecule has 1 heterocycles. The number of hydrogen-bond acceptors (Lipinski definition) is 5. The molecular formula is C19H19N3O3. The number of esters is 1. The summed E-state index contributed by atoms with van der Waals surface area (Å²) in [5.74, 6) is 0.0918. The van der Waals surface area contributed by atoms with Gasteiger partial charge in [-0.15, -0.1) is 0 Å². The molecule has 0 saturated heterocycles. The molecule has 0 amide bonds. The fraction of sp³-hybridized carbons (Fsp3) is 0.316. The number of aromatic nitrogens is 1. The second-order valence-corrected chi connectivity index (χ2v) is 5.26. The van der Waals surface area contributed by atoms with Crippen molar-refractivity contribution in [1.29, 1.82) is 10.5 Å². The standard InChI is InChI=1S/C19H19N3O3/c1-4-16-15(12-21)17(18(22(16)3)19(23)24-5-2)13-6-8-14(9-7-13)25-11-10-20/h6-9H,4-5,11H2,1-3H3. The minimum Gasteiger partial charge on any atom is -0.479 e. The number of rotatable bonds is 6. The molecule has 6 nitrogen and oxygen atoms in total. The van der Waals surface area contributed by atoms with Crippen LogP contribution in [-0.4, -0.2) is 23.8 Å². The predicted octanol–water partition coefficient (Wildman–Crippen LogP) is 3.21. The van der Waals surface area contributed by atoms with E-state index in [2.05, 4.69) is 6.07 Å². The Kier molecular flexibility index (Phi) is 5.81. The smallest absolute Gasteiger partial charge is 0.355 e. The van der Waals surface area contributed by atoms with Crippen LogP contribution in [0.1, 0.15) is 35.6 Å². The van der Waals surface area contributed by atoms with Crippen molar-refractivity contribution >= 4 is 5.97 Å². The Morgan fingerprint density at radius 2 is 1.88 bits per heavy atom. The molecule has 128 valence electrons. The molecule has 1 aromatic heterocycles. The fourth-order valence-corrected chi connectivity index (χ4v) is 2.82. The van der Waals surface area contributed by atoms with Crippen molar-refractivity contribution in [1.82, 2.24) is 4.57 Å². The van der Waals surface area contributed by atoms with Crippen LogP contribution in [0.4, 0.5) is 0 Å². The lowest BCUT2D eigenvalue weighted by Crippen LogP contribution is -2.12. The van der Waals surface area contributed by atoms with Gasteiger partial charge >= 0.3 is 5.97 Å². The summed E-state index contributed by atoms with van der Waals surface area (Å²) in [6.45, 7) is 3.90. The molecule has 0 aliphatic heterocycles. The number of carbonyl (C=O) groups is 1. The Bertz CT molecular complexity index is 852. The largest absolute Gasteiger partial charge is 0.479 e. The first kappa shape index (κ1) is 18.1. The van der Waals surface area contributed by atoms with Gasteiger partial charge in [0.05, 0.1) is 12.2 Å². The highest BCUT2D eigenvalue weighted by Crippen LogP contribution is 2.34. The molecule has 1 aromatic carbocycles. The molecule has 0 radical (unpaired) electrons. The molecule has 0 spiro atoms. The average Bonchev–Trinajstić information content (AvgIpc) is 2.92. The molecule has 0 aliphatic rings. The number of carbonyl (C=O) groups excluding carboxylic acids is 1. The van der Waals surface area contributed by atoms with E-state index in [9.17, 15) is 10.1 Å². The summed E-state index contributed by atoms with van der Waals surface area (Å²) in [5, 5.41) is 18.2. The lowest BCUT2D eigenvalue weighted by atomic mass is 10.00. The number of nitriles is 2. The summed E-state index contributed by atoms with van der Waals surface area (Å²) >= 11 is 0. The van der Waals surface area contributed by atoms with Gasteiger partial charge in [0.25, 0.3) is 0 Å². The number of benzene rings is 1. The van der Waals surface area contributed by atoms with Crippen molar-refractivity contribution in [2.45, 2.75) is 20.3 Å². The van der Waals surface area contributed by atoms with Crippen molar-refractivity contribution in [3.63, 3.8) is 0 Å². The maximum absolute atomic E-state index is 12.5. The Morgan fingerprint density at radius 1 is 1.20 bits per heavy atom. The van der Waals surface area contributed by atoms with Gasteiger partial charge in [0.15, 0.2) is 6.61 Å². The van der Waals surface area contributed by atoms with E-state index in [0.717, 1.165) is 11.3 Å². The zero-order valence-electron chi connectivity index (χ0n) is 14.5. The van der Waals surface area contributed by atoms with Crippen LogP contribution in [0.3, 0.4) is 0 Å². The Morgan fingerprint density at radius 3 is 2.40 bits per heavy atom. The normalized spacial score (nSPS) is 9.96. The van der Waals surface area contributed by atoms with E-state index < -0.39 is 5.97 Å². The summed E-state index contributed by atoms with van der Waals surface area (Å²) in [5.41, 5.74) is 2.90. The summed E-state index contributed by atoms with van der Waals surface area (Å²) < 4.78 is 12.1. The van der Waals surface area contributed by atoms with Crippen molar-refractivity contribution < 1.29 is 14.3 Å². The van der Waals surface area contributed by atoms with Gasteiger partial charge in [-0.25, -0.2) is 4.79 Å². The molecule has 2 aromatic rings. The molecule has 0 bridgehead atoms. The monoisotopic (exact) mass is 337 g/mol. The minimum atomic E-state index is -0.457. The lowest BCUT2D eigenvalue weighted by molar-refractivity contribution is 0.0516. The quantitative estimate of drug-likeness (QED) is 0.755. The number of hydrogen-bond donors (Lipinski definition) is 0. The Hall–Kier alpha value is -3.25. The highest BCUT2D eigenvalue weighted by atomic mass is 16.5. The maximum atomic E-state index is 12.5. The van der Waals surface area contributed by atoms with Crippen molar-refractivity contribution in [2.75, 3.05) is 13.2 Å². The van der Waals surface area contributed by atoms with Gasteiger partial charge in [-0.05, 0) is 31.0 Å². The van der Waals surface area contributed by atoms with Gasteiger partial charge in [0.2, 0.25) is 0 Å². The van der Waals surface area contributed by atoms with Gasteiger partial charge in [-0.1, -0.05) is 19.1 Å². The summed E-state index contributed by atoms with van der Waals surface area (Å²) in [4.78, 5) is 12.5. The highest BCUT2D eigenvalue weighted by Gasteiger charge is 2.26. The van der Waals surface area contributed by atoms with Gasteiger partial charge in [-0.2, -0.15) is 10.5 Å². The number of nitrogens with zero attached hydrogens (tertiary/aromatic N) is 3. The van der Waals surface area contributed by atoms with Crippen LogP contribution in [-0.2, 0) is 18.2 Å². The van der Waals surface area contributed by atoms with E-state index in [1.807, 2.05) is 13.0 Å². The third kappa shape index (κ3) is 3.49. The van der Waals surface area contributed by atoms with E-state index in [1.54, 1.807) is 42.8 Å². The molecule has 0 unspecified atom stereocenters. The molecule has 0 N–H and O–H groups in total. The molecule has 0 fully saturated rings. The zero-order valence-corrected chi connectivity index (χ0v) is 14.5. The van der Waals surface area contributed by atoms with Crippen molar-refractivity contribution in [2.24, 2.45) is 7.05 Å². The first-order chi connectivity index (χ1) is 12.1. The highest BCUT2D eigenvalue weighted by molar-refractivity contribution is 5.98. The van der Waals surface area contributed by atoms with E-state index >= 15 is 0 Å². The Balaban J connectivity index is 2.61. The minimum absolute atomic E-state index is 0.0395. The van der Waals surface area contributed by atoms with Crippen molar-refractivity contribution in [3.8, 4) is 29.0 Å². The fourth-order valence-electron chi connectivity index (χ4n) is 2.82.